The average molecular weight is 408 g/mol. The molecule has 3 rings (SSSR count). The zero-order valence-electron chi connectivity index (χ0n) is 15.7. The molecule has 6 nitrogen and oxygen atoms in total. The van der Waals surface area contributed by atoms with Crippen molar-refractivity contribution in [3.8, 4) is 11.5 Å². The molecule has 0 saturated heterocycles. The van der Waals surface area contributed by atoms with E-state index in [9.17, 15) is 23.1 Å². The Balaban J connectivity index is 1.76. The highest BCUT2D eigenvalue weighted by Crippen LogP contribution is 2.40. The number of hydrogen-bond acceptors (Lipinski definition) is 5. The maximum Gasteiger partial charge on any atom is 0.438 e. The fraction of sp³-hybridized carbons (Fsp3) is 0.300. The van der Waals surface area contributed by atoms with Crippen molar-refractivity contribution in [2.45, 2.75) is 31.9 Å². The van der Waals surface area contributed by atoms with Crippen molar-refractivity contribution in [2.24, 2.45) is 5.10 Å². The van der Waals surface area contributed by atoms with Crippen molar-refractivity contribution >= 4 is 11.6 Å². The summed E-state index contributed by atoms with van der Waals surface area (Å²) in [6.07, 6.45) is -5.83. The van der Waals surface area contributed by atoms with Gasteiger partial charge in [-0.25, -0.2) is 0 Å². The van der Waals surface area contributed by atoms with Crippen molar-refractivity contribution in [3.05, 3.63) is 59.7 Å². The molecule has 0 unspecified atom stereocenters. The number of alkyl halides is 3. The molecular weight excluding hydrogens is 389 g/mol. The van der Waals surface area contributed by atoms with Gasteiger partial charge in [0.1, 0.15) is 18.1 Å². The Morgan fingerprint density at radius 3 is 2.48 bits per heavy atom. The quantitative estimate of drug-likeness (QED) is 0.818. The van der Waals surface area contributed by atoms with Gasteiger partial charge in [0.2, 0.25) is 0 Å². The fourth-order valence-corrected chi connectivity index (χ4v) is 2.91. The van der Waals surface area contributed by atoms with E-state index in [0.29, 0.717) is 17.1 Å². The Bertz CT molecular complexity index is 928. The van der Waals surface area contributed by atoms with Gasteiger partial charge in [-0.05, 0) is 48.9 Å². The van der Waals surface area contributed by atoms with E-state index < -0.39 is 24.2 Å². The van der Waals surface area contributed by atoms with Gasteiger partial charge >= 0.3 is 6.18 Å². The summed E-state index contributed by atoms with van der Waals surface area (Å²) < 4.78 is 50.7. The van der Waals surface area contributed by atoms with E-state index in [-0.39, 0.29) is 22.9 Å². The van der Waals surface area contributed by atoms with Gasteiger partial charge in [0.05, 0.1) is 7.11 Å². The standard InChI is InChI=1S/C20H19F3N2O4/c1-13-11-19(27,20(21,22)23)25(24-13)18(26)15-5-3-4-14(10-15)12-29-17-8-6-16(28-2)7-9-17/h3-10,27H,11-12H2,1-2H3/t19-/m1/s1. The lowest BCUT2D eigenvalue weighted by Gasteiger charge is -2.32. The number of benzene rings is 2. The summed E-state index contributed by atoms with van der Waals surface area (Å²) in [7, 11) is 1.55. The highest BCUT2D eigenvalue weighted by Gasteiger charge is 2.62. The second-order valence-corrected chi connectivity index (χ2v) is 6.61. The first-order valence-electron chi connectivity index (χ1n) is 8.67. The highest BCUT2D eigenvalue weighted by molar-refractivity contribution is 5.98. The molecule has 0 radical (unpaired) electrons. The monoisotopic (exact) mass is 408 g/mol. The number of hydrogen-bond donors (Lipinski definition) is 1. The summed E-state index contributed by atoms with van der Waals surface area (Å²) in [5, 5.41) is 13.8. The minimum Gasteiger partial charge on any atom is -0.497 e. The number of rotatable bonds is 5. The largest absolute Gasteiger partial charge is 0.497 e. The minimum atomic E-state index is -5.04. The number of amides is 1. The molecule has 0 spiro atoms. The molecule has 2 aromatic carbocycles. The van der Waals surface area contributed by atoms with Gasteiger partial charge in [-0.2, -0.15) is 23.3 Å². The van der Waals surface area contributed by atoms with Gasteiger partial charge in [0.15, 0.2) is 0 Å². The number of halogens is 3. The Kier molecular flexibility index (Phi) is 5.52. The first kappa shape index (κ1) is 20.7. The maximum absolute atomic E-state index is 13.3. The van der Waals surface area contributed by atoms with Crippen LogP contribution in [0.5, 0.6) is 11.5 Å². The topological polar surface area (TPSA) is 71.4 Å². The summed E-state index contributed by atoms with van der Waals surface area (Å²) in [5.41, 5.74) is -2.81. The van der Waals surface area contributed by atoms with Crippen LogP contribution in [0.4, 0.5) is 13.2 Å². The van der Waals surface area contributed by atoms with E-state index >= 15 is 0 Å². The summed E-state index contributed by atoms with van der Waals surface area (Å²) in [6, 6.07) is 12.8. The molecule has 1 aliphatic rings. The van der Waals surface area contributed by atoms with Crippen molar-refractivity contribution in [1.82, 2.24) is 5.01 Å². The Morgan fingerprint density at radius 1 is 1.21 bits per heavy atom. The number of nitrogens with zero attached hydrogens (tertiary/aromatic N) is 2. The number of ether oxygens (including phenoxy) is 2. The second kappa shape index (κ2) is 7.75. The average Bonchev–Trinajstić information content (AvgIpc) is 3.02. The molecular formula is C20H19F3N2O4. The number of carbonyl (C=O) groups excluding carboxylic acids is 1. The Morgan fingerprint density at radius 2 is 1.86 bits per heavy atom. The van der Waals surface area contributed by atoms with Crippen molar-refractivity contribution in [3.63, 3.8) is 0 Å². The Hall–Kier alpha value is -3.07. The predicted molar refractivity (Wildman–Crippen MR) is 98.7 cm³/mol. The normalized spacial score (nSPS) is 19.1. The molecule has 1 N–H and O–H groups in total. The van der Waals surface area contributed by atoms with E-state index in [2.05, 4.69) is 5.10 Å². The van der Waals surface area contributed by atoms with Crippen LogP contribution in [-0.2, 0) is 6.61 Å². The van der Waals surface area contributed by atoms with Crippen LogP contribution in [0.1, 0.15) is 29.3 Å². The van der Waals surface area contributed by atoms with Gasteiger partial charge in [0.25, 0.3) is 11.6 Å². The van der Waals surface area contributed by atoms with Crippen LogP contribution in [0.3, 0.4) is 0 Å². The molecule has 1 amide bonds. The number of methoxy groups -OCH3 is 1. The van der Waals surface area contributed by atoms with E-state index in [1.54, 1.807) is 37.4 Å². The summed E-state index contributed by atoms with van der Waals surface area (Å²) in [6.45, 7) is 1.42. The zero-order chi connectivity index (χ0) is 21.2. The van der Waals surface area contributed by atoms with Gasteiger partial charge in [-0.3, -0.25) is 4.79 Å². The van der Waals surface area contributed by atoms with Crippen molar-refractivity contribution in [1.29, 1.82) is 0 Å². The predicted octanol–water partition coefficient (Wildman–Crippen LogP) is 3.75. The first-order valence-corrected chi connectivity index (χ1v) is 8.67. The fourth-order valence-electron chi connectivity index (χ4n) is 2.91. The summed E-state index contributed by atoms with van der Waals surface area (Å²) in [5.74, 6) is 0.185. The van der Waals surface area contributed by atoms with Crippen LogP contribution in [0.25, 0.3) is 0 Å². The third-order valence-corrected chi connectivity index (χ3v) is 4.41. The van der Waals surface area contributed by atoms with Crippen LogP contribution in [-0.4, -0.2) is 40.7 Å². The van der Waals surface area contributed by atoms with Crippen LogP contribution in [0.15, 0.2) is 53.6 Å². The minimum absolute atomic E-state index is 0.0113. The summed E-state index contributed by atoms with van der Waals surface area (Å²) in [4.78, 5) is 12.7. The lowest BCUT2D eigenvalue weighted by atomic mass is 10.1. The van der Waals surface area contributed by atoms with Crippen LogP contribution in [0.2, 0.25) is 0 Å². The van der Waals surface area contributed by atoms with Gasteiger partial charge < -0.3 is 14.6 Å². The SMILES string of the molecule is COc1ccc(OCc2cccc(C(=O)N3N=C(C)C[C@@]3(O)C(F)(F)F)c2)cc1. The third-order valence-electron chi connectivity index (χ3n) is 4.41. The second-order valence-electron chi connectivity index (χ2n) is 6.61. The Labute approximate surface area is 165 Å². The van der Waals surface area contributed by atoms with Gasteiger partial charge in [-0.15, -0.1) is 0 Å². The molecule has 1 atom stereocenters. The van der Waals surface area contributed by atoms with E-state index in [1.807, 2.05) is 0 Å². The van der Waals surface area contributed by atoms with E-state index in [0.717, 1.165) is 0 Å². The molecule has 154 valence electrons. The van der Waals surface area contributed by atoms with Crippen LogP contribution < -0.4 is 9.47 Å². The molecule has 0 bridgehead atoms. The molecule has 1 aliphatic heterocycles. The molecule has 29 heavy (non-hydrogen) atoms. The van der Waals surface area contributed by atoms with Crippen molar-refractivity contribution < 1.29 is 32.5 Å². The molecule has 0 fully saturated rings. The molecule has 2 aromatic rings. The number of carbonyl (C=O) groups is 1. The number of hydrazone groups is 1. The van der Waals surface area contributed by atoms with Gasteiger partial charge in [0, 0.05) is 17.7 Å². The van der Waals surface area contributed by atoms with Crippen LogP contribution in [0, 0.1) is 0 Å². The lowest BCUT2D eigenvalue weighted by Crippen LogP contribution is -2.56. The first-order chi connectivity index (χ1) is 13.6. The lowest BCUT2D eigenvalue weighted by molar-refractivity contribution is -0.297. The third kappa shape index (κ3) is 4.19. The molecule has 0 aromatic heterocycles. The highest BCUT2D eigenvalue weighted by atomic mass is 19.4. The molecule has 0 aliphatic carbocycles. The molecule has 0 saturated carbocycles. The van der Waals surface area contributed by atoms with E-state index in [4.69, 9.17) is 9.47 Å². The summed E-state index contributed by atoms with van der Waals surface area (Å²) >= 11 is 0. The molecule has 9 heteroatoms. The smallest absolute Gasteiger partial charge is 0.438 e. The van der Waals surface area contributed by atoms with Crippen LogP contribution >= 0.6 is 0 Å². The maximum atomic E-state index is 13.3. The molecule has 1 heterocycles. The van der Waals surface area contributed by atoms with Gasteiger partial charge in [-0.1, -0.05) is 12.1 Å². The van der Waals surface area contributed by atoms with Crippen molar-refractivity contribution in [2.75, 3.05) is 7.11 Å². The zero-order valence-corrected chi connectivity index (χ0v) is 15.7. The number of aliphatic hydroxyl groups is 1. The van der Waals surface area contributed by atoms with E-state index in [1.165, 1.54) is 25.1 Å².